The highest BCUT2D eigenvalue weighted by atomic mass is 15.2. The van der Waals surface area contributed by atoms with Crippen molar-refractivity contribution in [1.82, 2.24) is 5.43 Å². The topological polar surface area (TPSA) is 38.0 Å². The largest absolute Gasteiger partial charge is 0.271 e. The number of nitrogens with two attached hydrogens (primary N) is 1. The van der Waals surface area contributed by atoms with Crippen LogP contribution in [0.4, 0.5) is 0 Å². The van der Waals surface area contributed by atoms with Crippen LogP contribution in [0.3, 0.4) is 0 Å². The van der Waals surface area contributed by atoms with E-state index < -0.39 is 0 Å². The second kappa shape index (κ2) is 8.43. The number of hydrogen-bond donors (Lipinski definition) is 2. The number of nitrogens with one attached hydrogen (secondary N) is 1. The van der Waals surface area contributed by atoms with Crippen molar-refractivity contribution in [2.75, 3.05) is 0 Å². The molecular formula is C18H32N2. The maximum Gasteiger partial charge on any atom is 0.0307 e. The zero-order chi connectivity index (χ0) is 15.0. The fourth-order valence-corrected chi connectivity index (χ4v) is 3.37. The van der Waals surface area contributed by atoms with Gasteiger partial charge in [0.25, 0.3) is 0 Å². The fourth-order valence-electron chi connectivity index (χ4n) is 3.37. The van der Waals surface area contributed by atoms with E-state index in [0.717, 1.165) is 25.2 Å². The molecule has 2 nitrogen and oxygen atoms in total. The van der Waals surface area contributed by atoms with E-state index in [4.69, 9.17) is 5.84 Å². The molecule has 1 aromatic carbocycles. The molecule has 1 aromatic rings. The minimum absolute atomic E-state index is 0.146. The van der Waals surface area contributed by atoms with Crippen LogP contribution in [0.15, 0.2) is 30.3 Å². The smallest absolute Gasteiger partial charge is 0.0307 e. The van der Waals surface area contributed by atoms with Crippen LogP contribution in [-0.2, 0) is 5.41 Å². The number of hydrazine groups is 1. The van der Waals surface area contributed by atoms with Gasteiger partial charge >= 0.3 is 0 Å². The van der Waals surface area contributed by atoms with Crippen LogP contribution < -0.4 is 11.3 Å². The maximum absolute atomic E-state index is 5.91. The van der Waals surface area contributed by atoms with Gasteiger partial charge in [0, 0.05) is 11.5 Å². The Bertz CT molecular complexity index is 355. The summed E-state index contributed by atoms with van der Waals surface area (Å²) in [6, 6.07) is 11.2. The molecule has 0 aliphatic carbocycles. The van der Waals surface area contributed by atoms with Crippen molar-refractivity contribution in [3.63, 3.8) is 0 Å². The summed E-state index contributed by atoms with van der Waals surface area (Å²) < 4.78 is 0. The molecule has 0 bridgehead atoms. The monoisotopic (exact) mass is 276 g/mol. The van der Waals surface area contributed by atoms with Crippen molar-refractivity contribution in [2.45, 2.75) is 71.3 Å². The van der Waals surface area contributed by atoms with Gasteiger partial charge in [-0.1, -0.05) is 70.9 Å². The van der Waals surface area contributed by atoms with E-state index >= 15 is 0 Å². The third-order valence-electron chi connectivity index (χ3n) is 4.75. The summed E-state index contributed by atoms with van der Waals surface area (Å²) in [7, 11) is 0. The first kappa shape index (κ1) is 17.2. The Balaban J connectivity index is 2.91. The van der Waals surface area contributed by atoms with Crippen LogP contribution in [0.25, 0.3) is 0 Å². The molecule has 0 amide bonds. The molecule has 3 N–H and O–H groups in total. The SMILES string of the molecule is CCC(CC)(c1ccccc1)C(CCCC(C)C)NN. The highest BCUT2D eigenvalue weighted by molar-refractivity contribution is 5.27. The Labute approximate surface area is 125 Å². The molecule has 0 radical (unpaired) electrons. The van der Waals surface area contributed by atoms with Crippen LogP contribution in [-0.4, -0.2) is 6.04 Å². The fraction of sp³-hybridized carbons (Fsp3) is 0.667. The van der Waals surface area contributed by atoms with Crippen LogP contribution in [0.5, 0.6) is 0 Å². The Morgan fingerprint density at radius 1 is 1.05 bits per heavy atom. The first-order valence-electron chi connectivity index (χ1n) is 8.12. The Morgan fingerprint density at radius 2 is 1.65 bits per heavy atom. The molecule has 0 aromatic heterocycles. The van der Waals surface area contributed by atoms with Crippen molar-refractivity contribution >= 4 is 0 Å². The van der Waals surface area contributed by atoms with Gasteiger partial charge in [0.1, 0.15) is 0 Å². The quantitative estimate of drug-likeness (QED) is 0.518. The number of hydrogen-bond acceptors (Lipinski definition) is 2. The summed E-state index contributed by atoms with van der Waals surface area (Å²) in [6.45, 7) is 9.14. The highest BCUT2D eigenvalue weighted by Gasteiger charge is 2.36. The van der Waals surface area contributed by atoms with E-state index in [0.29, 0.717) is 6.04 Å². The van der Waals surface area contributed by atoms with Crippen LogP contribution in [0.2, 0.25) is 0 Å². The first-order chi connectivity index (χ1) is 9.60. The molecule has 20 heavy (non-hydrogen) atoms. The summed E-state index contributed by atoms with van der Waals surface area (Å²) in [5.74, 6) is 6.68. The van der Waals surface area contributed by atoms with Gasteiger partial charge in [-0.2, -0.15) is 0 Å². The van der Waals surface area contributed by atoms with E-state index in [1.54, 1.807) is 0 Å². The molecule has 1 unspecified atom stereocenters. The lowest BCUT2D eigenvalue weighted by Crippen LogP contribution is -2.50. The lowest BCUT2D eigenvalue weighted by atomic mass is 9.69. The van der Waals surface area contributed by atoms with Gasteiger partial charge < -0.3 is 0 Å². The Hall–Kier alpha value is -0.860. The van der Waals surface area contributed by atoms with Crippen LogP contribution in [0, 0.1) is 5.92 Å². The van der Waals surface area contributed by atoms with Gasteiger partial charge in [0.15, 0.2) is 0 Å². The minimum atomic E-state index is 0.146. The summed E-state index contributed by atoms with van der Waals surface area (Å²) in [5.41, 5.74) is 4.68. The average molecular weight is 276 g/mol. The third kappa shape index (κ3) is 4.07. The van der Waals surface area contributed by atoms with Gasteiger partial charge in [-0.05, 0) is 30.7 Å². The molecule has 0 saturated carbocycles. The molecule has 0 fully saturated rings. The van der Waals surface area contributed by atoms with Crippen LogP contribution in [0.1, 0.15) is 65.4 Å². The van der Waals surface area contributed by atoms with Crippen molar-refractivity contribution in [3.8, 4) is 0 Å². The summed E-state index contributed by atoms with van der Waals surface area (Å²) in [5, 5.41) is 0. The molecule has 0 aliphatic heterocycles. The molecule has 0 spiro atoms. The maximum atomic E-state index is 5.91. The molecule has 1 rings (SSSR count). The normalized spacial score (nSPS) is 13.7. The standard InChI is InChI=1S/C18H32N2/c1-5-18(6-2,16-12-8-7-9-13-16)17(20-19)14-10-11-15(3)4/h7-9,12-13,15,17,20H,5-6,10-11,14,19H2,1-4H3. The molecule has 0 heterocycles. The minimum Gasteiger partial charge on any atom is -0.271 e. The molecule has 1 atom stereocenters. The van der Waals surface area contributed by atoms with Gasteiger partial charge in [0.2, 0.25) is 0 Å². The van der Waals surface area contributed by atoms with E-state index in [1.807, 2.05) is 0 Å². The van der Waals surface area contributed by atoms with Crippen molar-refractivity contribution in [3.05, 3.63) is 35.9 Å². The second-order valence-electron chi connectivity index (χ2n) is 6.27. The van der Waals surface area contributed by atoms with Gasteiger partial charge in [-0.25, -0.2) is 0 Å². The van der Waals surface area contributed by atoms with Crippen molar-refractivity contribution in [2.24, 2.45) is 11.8 Å². The van der Waals surface area contributed by atoms with Crippen molar-refractivity contribution in [1.29, 1.82) is 0 Å². The molecule has 0 aliphatic rings. The highest BCUT2D eigenvalue weighted by Crippen LogP contribution is 2.37. The van der Waals surface area contributed by atoms with Crippen molar-refractivity contribution < 1.29 is 0 Å². The first-order valence-corrected chi connectivity index (χ1v) is 8.12. The van der Waals surface area contributed by atoms with E-state index in [-0.39, 0.29) is 5.41 Å². The Kier molecular flexibility index (Phi) is 7.25. The molecule has 114 valence electrons. The lowest BCUT2D eigenvalue weighted by molar-refractivity contribution is 0.252. The number of rotatable bonds is 9. The molecular weight excluding hydrogens is 244 g/mol. The van der Waals surface area contributed by atoms with Gasteiger partial charge in [0.05, 0.1) is 0 Å². The summed E-state index contributed by atoms with van der Waals surface area (Å²) in [6.07, 6.45) is 5.89. The van der Waals surface area contributed by atoms with E-state index in [2.05, 4.69) is 63.5 Å². The summed E-state index contributed by atoms with van der Waals surface area (Å²) in [4.78, 5) is 0. The van der Waals surface area contributed by atoms with Gasteiger partial charge in [-0.3, -0.25) is 11.3 Å². The summed E-state index contributed by atoms with van der Waals surface area (Å²) >= 11 is 0. The number of benzene rings is 1. The zero-order valence-corrected chi connectivity index (χ0v) is 13.7. The Morgan fingerprint density at radius 3 is 2.10 bits per heavy atom. The van der Waals surface area contributed by atoms with Gasteiger partial charge in [-0.15, -0.1) is 0 Å². The molecule has 0 saturated heterocycles. The third-order valence-corrected chi connectivity index (χ3v) is 4.75. The lowest BCUT2D eigenvalue weighted by Gasteiger charge is -2.40. The second-order valence-corrected chi connectivity index (χ2v) is 6.27. The predicted molar refractivity (Wildman–Crippen MR) is 88.5 cm³/mol. The van der Waals surface area contributed by atoms with Crippen LogP contribution >= 0.6 is 0 Å². The van der Waals surface area contributed by atoms with E-state index in [1.165, 1.54) is 18.4 Å². The average Bonchev–Trinajstić information content (AvgIpc) is 2.48. The predicted octanol–water partition coefficient (Wildman–Crippen LogP) is 4.40. The van der Waals surface area contributed by atoms with E-state index in [9.17, 15) is 0 Å². The molecule has 2 heteroatoms. The zero-order valence-electron chi connectivity index (χ0n) is 13.7.